The Kier molecular flexibility index (Phi) is 8.12. The minimum Gasteiger partial charge on any atom is -0.488 e. The SMILES string of the molecule is O=C(O)c1ccc(COc2ccc(/C=N/NC(=O)C(O)(c3ccccc3)c3ccccc3)cc2Br)cc1. The van der Waals surface area contributed by atoms with Crippen molar-refractivity contribution in [2.45, 2.75) is 12.2 Å². The van der Waals surface area contributed by atoms with Crippen molar-refractivity contribution in [2.75, 3.05) is 0 Å². The molecule has 0 saturated carbocycles. The lowest BCUT2D eigenvalue weighted by atomic mass is 9.85. The molecule has 0 aliphatic carbocycles. The third-order valence-corrected chi connectivity index (χ3v) is 6.26. The number of aliphatic hydroxyl groups is 1. The predicted molar refractivity (Wildman–Crippen MR) is 143 cm³/mol. The summed E-state index contributed by atoms with van der Waals surface area (Å²) >= 11 is 3.47. The number of nitrogens with one attached hydrogen (secondary N) is 1. The van der Waals surface area contributed by atoms with Crippen LogP contribution in [0.1, 0.15) is 32.6 Å². The zero-order valence-electron chi connectivity index (χ0n) is 19.5. The molecule has 186 valence electrons. The smallest absolute Gasteiger partial charge is 0.335 e. The molecule has 0 atom stereocenters. The van der Waals surface area contributed by atoms with Crippen molar-refractivity contribution in [1.29, 1.82) is 0 Å². The number of carboxylic acid groups (broad SMARTS) is 1. The Morgan fingerprint density at radius 2 is 1.49 bits per heavy atom. The molecule has 0 bridgehead atoms. The molecule has 37 heavy (non-hydrogen) atoms. The molecular weight excluding hydrogens is 536 g/mol. The minimum atomic E-state index is -1.92. The van der Waals surface area contributed by atoms with E-state index in [-0.39, 0.29) is 12.2 Å². The summed E-state index contributed by atoms with van der Waals surface area (Å²) in [5, 5.41) is 24.5. The summed E-state index contributed by atoms with van der Waals surface area (Å²) in [6.07, 6.45) is 1.47. The van der Waals surface area contributed by atoms with Gasteiger partial charge in [-0.3, -0.25) is 4.79 Å². The fourth-order valence-corrected chi connectivity index (χ4v) is 4.16. The van der Waals surface area contributed by atoms with Crippen LogP contribution in [0.2, 0.25) is 0 Å². The number of hydrogen-bond donors (Lipinski definition) is 3. The maximum atomic E-state index is 13.1. The molecule has 0 unspecified atom stereocenters. The van der Waals surface area contributed by atoms with E-state index in [1.165, 1.54) is 18.3 Å². The van der Waals surface area contributed by atoms with E-state index < -0.39 is 17.5 Å². The number of benzene rings is 4. The monoisotopic (exact) mass is 558 g/mol. The van der Waals surface area contributed by atoms with Gasteiger partial charge in [-0.15, -0.1) is 0 Å². The fraction of sp³-hybridized carbons (Fsp3) is 0.0690. The molecule has 7 nitrogen and oxygen atoms in total. The first-order valence-corrected chi connectivity index (χ1v) is 12.1. The second-order valence-electron chi connectivity index (χ2n) is 8.12. The number of carbonyl (C=O) groups is 2. The van der Waals surface area contributed by atoms with E-state index in [4.69, 9.17) is 9.84 Å². The fourth-order valence-electron chi connectivity index (χ4n) is 3.65. The summed E-state index contributed by atoms with van der Waals surface area (Å²) in [5.74, 6) is -1.08. The normalized spacial score (nSPS) is 11.3. The van der Waals surface area contributed by atoms with Crippen LogP contribution in [0.3, 0.4) is 0 Å². The zero-order valence-corrected chi connectivity index (χ0v) is 21.1. The Bertz CT molecular complexity index is 1370. The number of amides is 1. The molecule has 0 heterocycles. The van der Waals surface area contributed by atoms with Crippen LogP contribution in [0.25, 0.3) is 0 Å². The molecule has 8 heteroatoms. The van der Waals surface area contributed by atoms with E-state index in [1.54, 1.807) is 78.9 Å². The molecule has 0 aliphatic heterocycles. The van der Waals surface area contributed by atoms with E-state index in [2.05, 4.69) is 26.5 Å². The van der Waals surface area contributed by atoms with Gasteiger partial charge in [0.15, 0.2) is 5.60 Å². The largest absolute Gasteiger partial charge is 0.488 e. The lowest BCUT2D eigenvalue weighted by Gasteiger charge is -2.27. The van der Waals surface area contributed by atoms with Gasteiger partial charge in [-0.05, 0) is 68.5 Å². The molecule has 0 radical (unpaired) electrons. The molecule has 0 saturated heterocycles. The number of carboxylic acids is 1. The summed E-state index contributed by atoms with van der Waals surface area (Å²) in [6.45, 7) is 0.263. The number of halogens is 1. The van der Waals surface area contributed by atoms with Crippen molar-refractivity contribution in [3.63, 3.8) is 0 Å². The summed E-state index contributed by atoms with van der Waals surface area (Å²) in [5.41, 5.74) is 3.12. The molecule has 4 aromatic carbocycles. The average Bonchev–Trinajstić information content (AvgIpc) is 2.93. The number of carbonyl (C=O) groups excluding carboxylic acids is 1. The predicted octanol–water partition coefficient (Wildman–Crippen LogP) is 5.11. The highest BCUT2D eigenvalue weighted by Gasteiger charge is 2.39. The molecule has 0 spiro atoms. The van der Waals surface area contributed by atoms with Gasteiger partial charge in [0.05, 0.1) is 16.3 Å². The molecular formula is C29H23BrN2O5. The van der Waals surface area contributed by atoms with E-state index in [9.17, 15) is 14.7 Å². The van der Waals surface area contributed by atoms with Crippen molar-refractivity contribution in [1.82, 2.24) is 5.43 Å². The summed E-state index contributed by atoms with van der Waals surface area (Å²) in [6, 6.07) is 29.2. The third-order valence-electron chi connectivity index (χ3n) is 5.64. The van der Waals surface area contributed by atoms with Crippen molar-refractivity contribution < 1.29 is 24.5 Å². The van der Waals surface area contributed by atoms with Crippen molar-refractivity contribution in [3.8, 4) is 5.75 Å². The Hall–Kier alpha value is -4.27. The Morgan fingerprint density at radius 1 is 0.892 bits per heavy atom. The van der Waals surface area contributed by atoms with Crippen molar-refractivity contribution in [3.05, 3.63) is 135 Å². The Labute approximate surface area is 222 Å². The minimum absolute atomic E-state index is 0.214. The molecule has 4 rings (SSSR count). The number of hydrogen-bond acceptors (Lipinski definition) is 5. The highest BCUT2D eigenvalue weighted by Crippen LogP contribution is 2.30. The first-order chi connectivity index (χ1) is 17.9. The van der Waals surface area contributed by atoms with Gasteiger partial charge >= 0.3 is 5.97 Å². The van der Waals surface area contributed by atoms with Crippen LogP contribution < -0.4 is 10.2 Å². The lowest BCUT2D eigenvalue weighted by Crippen LogP contribution is -2.43. The summed E-state index contributed by atoms with van der Waals surface area (Å²) in [7, 11) is 0. The van der Waals surface area contributed by atoms with E-state index >= 15 is 0 Å². The number of ether oxygens (including phenoxy) is 1. The van der Waals surface area contributed by atoms with Gasteiger partial charge in [-0.2, -0.15) is 5.10 Å². The molecule has 0 aliphatic rings. The molecule has 1 amide bonds. The van der Waals surface area contributed by atoms with Crippen LogP contribution in [-0.4, -0.2) is 28.3 Å². The zero-order chi connectivity index (χ0) is 26.3. The standard InChI is InChI=1S/C29H23BrN2O5/c30-25-17-21(13-16-26(25)37-19-20-11-14-22(15-12-20)27(33)34)18-31-32-28(35)29(36,23-7-3-1-4-8-23)24-9-5-2-6-10-24/h1-18,36H,19H2,(H,32,35)(H,33,34)/b31-18+. The van der Waals surface area contributed by atoms with E-state index in [0.717, 1.165) is 5.56 Å². The number of hydrazone groups is 1. The topological polar surface area (TPSA) is 108 Å². The van der Waals surface area contributed by atoms with Crippen LogP contribution in [0.4, 0.5) is 0 Å². The highest BCUT2D eigenvalue weighted by molar-refractivity contribution is 9.10. The van der Waals surface area contributed by atoms with Crippen LogP contribution in [-0.2, 0) is 17.0 Å². The van der Waals surface area contributed by atoms with Crippen LogP contribution in [0.5, 0.6) is 5.75 Å². The molecule has 3 N–H and O–H groups in total. The van der Waals surface area contributed by atoms with Crippen LogP contribution >= 0.6 is 15.9 Å². The van der Waals surface area contributed by atoms with E-state index in [0.29, 0.717) is 26.9 Å². The van der Waals surface area contributed by atoms with Crippen molar-refractivity contribution >= 4 is 34.0 Å². The van der Waals surface area contributed by atoms with Crippen LogP contribution in [0.15, 0.2) is 113 Å². The lowest BCUT2D eigenvalue weighted by molar-refractivity contribution is -0.136. The quantitative estimate of drug-likeness (QED) is 0.195. The average molecular weight is 559 g/mol. The maximum Gasteiger partial charge on any atom is 0.335 e. The number of aromatic carboxylic acids is 1. The molecule has 4 aromatic rings. The third kappa shape index (κ3) is 6.11. The second-order valence-corrected chi connectivity index (χ2v) is 8.98. The van der Waals surface area contributed by atoms with Crippen LogP contribution in [0, 0.1) is 0 Å². The maximum absolute atomic E-state index is 13.1. The molecule has 0 fully saturated rings. The van der Waals surface area contributed by atoms with Gasteiger partial charge in [-0.25, -0.2) is 10.2 Å². The van der Waals surface area contributed by atoms with Gasteiger partial charge in [-0.1, -0.05) is 72.8 Å². The molecule has 0 aromatic heterocycles. The van der Waals surface area contributed by atoms with Gasteiger partial charge in [0.1, 0.15) is 12.4 Å². The first kappa shape index (κ1) is 25.8. The Morgan fingerprint density at radius 3 is 2.03 bits per heavy atom. The summed E-state index contributed by atoms with van der Waals surface area (Å²) in [4.78, 5) is 24.1. The van der Waals surface area contributed by atoms with E-state index in [1.807, 2.05) is 12.1 Å². The van der Waals surface area contributed by atoms with Gasteiger partial charge in [0, 0.05) is 0 Å². The highest BCUT2D eigenvalue weighted by atomic mass is 79.9. The first-order valence-electron chi connectivity index (χ1n) is 11.3. The number of nitrogens with zero attached hydrogens (tertiary/aromatic N) is 1. The van der Waals surface area contributed by atoms with Gasteiger partial charge < -0.3 is 14.9 Å². The number of rotatable bonds is 9. The Balaban J connectivity index is 1.43. The van der Waals surface area contributed by atoms with Gasteiger partial charge in [0.25, 0.3) is 5.91 Å². The van der Waals surface area contributed by atoms with Gasteiger partial charge in [0.2, 0.25) is 0 Å². The second kappa shape index (κ2) is 11.6. The summed E-state index contributed by atoms with van der Waals surface area (Å²) < 4.78 is 6.50. The van der Waals surface area contributed by atoms with Crippen molar-refractivity contribution in [2.24, 2.45) is 5.10 Å².